The van der Waals surface area contributed by atoms with Gasteiger partial charge in [-0.2, -0.15) is 0 Å². The monoisotopic (exact) mass is 260 g/mol. The number of carbonyl (C=O) groups excluding carboxylic acids is 1. The number of hydrogen-bond donors (Lipinski definition) is 1. The number of nitrogens with zero attached hydrogens (tertiary/aromatic N) is 1. The molecular formula is C16H24N2O. The van der Waals surface area contributed by atoms with Gasteiger partial charge in [-0.25, -0.2) is 0 Å². The zero-order chi connectivity index (χ0) is 14.0. The summed E-state index contributed by atoms with van der Waals surface area (Å²) in [4.78, 5) is 14.4. The van der Waals surface area contributed by atoms with Gasteiger partial charge in [-0.1, -0.05) is 19.1 Å². The number of nitrogens with one attached hydrogen (secondary N) is 1. The van der Waals surface area contributed by atoms with Crippen LogP contribution in [0.1, 0.15) is 37.6 Å². The van der Waals surface area contributed by atoms with Crippen molar-refractivity contribution in [1.82, 2.24) is 4.90 Å². The molecule has 0 aliphatic heterocycles. The molecule has 1 fully saturated rings. The van der Waals surface area contributed by atoms with Crippen molar-refractivity contribution in [1.29, 1.82) is 0 Å². The minimum Gasteiger partial charge on any atom is -0.382 e. The largest absolute Gasteiger partial charge is 0.382 e. The Bertz CT molecular complexity index is 456. The highest BCUT2D eigenvalue weighted by Crippen LogP contribution is 2.38. The summed E-state index contributed by atoms with van der Waals surface area (Å²) in [6, 6.07) is 8.08. The second-order valence-electron chi connectivity index (χ2n) is 6.00. The zero-order valence-electron chi connectivity index (χ0n) is 12.3. The lowest BCUT2D eigenvalue weighted by Crippen LogP contribution is -2.30. The summed E-state index contributed by atoms with van der Waals surface area (Å²) in [6.45, 7) is 7.28. The molecule has 1 N–H and O–H groups in total. The number of carbonyl (C=O) groups is 1. The summed E-state index contributed by atoms with van der Waals surface area (Å²) < 4.78 is 0. The van der Waals surface area contributed by atoms with Gasteiger partial charge < -0.3 is 10.2 Å². The van der Waals surface area contributed by atoms with Crippen LogP contribution in [0.3, 0.4) is 0 Å². The quantitative estimate of drug-likeness (QED) is 0.881. The van der Waals surface area contributed by atoms with Crippen molar-refractivity contribution in [3.8, 4) is 0 Å². The molecule has 2 atom stereocenters. The van der Waals surface area contributed by atoms with Crippen molar-refractivity contribution in [2.75, 3.05) is 18.9 Å². The SMILES string of the molecule is CC(C)Nc1ccccc1C(=O)N(C)CC1CC1C. The van der Waals surface area contributed by atoms with E-state index in [1.54, 1.807) is 0 Å². The van der Waals surface area contributed by atoms with Gasteiger partial charge in [0.25, 0.3) is 5.91 Å². The zero-order valence-corrected chi connectivity index (χ0v) is 12.3. The standard InChI is InChI=1S/C16H24N2O/c1-11(2)17-15-8-6-5-7-14(15)16(19)18(4)10-13-9-12(13)3/h5-8,11-13,17H,9-10H2,1-4H3. The van der Waals surface area contributed by atoms with E-state index in [9.17, 15) is 4.79 Å². The van der Waals surface area contributed by atoms with E-state index in [-0.39, 0.29) is 5.91 Å². The smallest absolute Gasteiger partial charge is 0.255 e. The Morgan fingerprint density at radius 2 is 2.05 bits per heavy atom. The summed E-state index contributed by atoms with van der Waals surface area (Å²) in [6.07, 6.45) is 1.25. The number of rotatable bonds is 5. The Balaban J connectivity index is 2.09. The third-order valence-corrected chi connectivity index (χ3v) is 3.73. The lowest BCUT2D eigenvalue weighted by atomic mass is 10.1. The molecule has 1 aromatic carbocycles. The highest BCUT2D eigenvalue weighted by Gasteiger charge is 2.34. The second kappa shape index (κ2) is 5.64. The first-order chi connectivity index (χ1) is 8.99. The highest BCUT2D eigenvalue weighted by atomic mass is 16.2. The topological polar surface area (TPSA) is 32.3 Å². The Morgan fingerprint density at radius 1 is 1.42 bits per heavy atom. The fourth-order valence-electron chi connectivity index (χ4n) is 2.40. The number of anilines is 1. The summed E-state index contributed by atoms with van der Waals surface area (Å²) in [5.74, 6) is 1.58. The van der Waals surface area contributed by atoms with Gasteiger partial charge in [0.15, 0.2) is 0 Å². The van der Waals surface area contributed by atoms with E-state index in [1.165, 1.54) is 6.42 Å². The van der Waals surface area contributed by atoms with E-state index >= 15 is 0 Å². The van der Waals surface area contributed by atoms with Crippen molar-refractivity contribution < 1.29 is 4.79 Å². The molecule has 2 rings (SSSR count). The molecule has 3 heteroatoms. The van der Waals surface area contributed by atoms with Gasteiger partial charge in [0, 0.05) is 25.3 Å². The first kappa shape index (κ1) is 13.9. The molecule has 0 aromatic heterocycles. The normalized spacial score (nSPS) is 21.3. The van der Waals surface area contributed by atoms with Crippen molar-refractivity contribution >= 4 is 11.6 Å². The molecule has 0 radical (unpaired) electrons. The van der Waals surface area contributed by atoms with Gasteiger partial charge in [-0.15, -0.1) is 0 Å². The molecule has 0 saturated heterocycles. The number of para-hydroxylation sites is 1. The number of benzene rings is 1. The van der Waals surface area contributed by atoms with Crippen LogP contribution in [0, 0.1) is 11.8 Å². The lowest BCUT2D eigenvalue weighted by Gasteiger charge is -2.20. The van der Waals surface area contributed by atoms with E-state index in [4.69, 9.17) is 0 Å². The van der Waals surface area contributed by atoms with Crippen molar-refractivity contribution in [2.45, 2.75) is 33.2 Å². The van der Waals surface area contributed by atoms with Gasteiger partial charge in [-0.05, 0) is 44.2 Å². The molecule has 1 saturated carbocycles. The molecule has 1 amide bonds. The Labute approximate surface area is 116 Å². The van der Waals surface area contributed by atoms with Crippen molar-refractivity contribution in [3.63, 3.8) is 0 Å². The third-order valence-electron chi connectivity index (χ3n) is 3.73. The molecule has 0 spiro atoms. The van der Waals surface area contributed by atoms with Crippen LogP contribution >= 0.6 is 0 Å². The first-order valence-corrected chi connectivity index (χ1v) is 7.10. The number of amides is 1. The molecular weight excluding hydrogens is 236 g/mol. The molecule has 19 heavy (non-hydrogen) atoms. The fraction of sp³-hybridized carbons (Fsp3) is 0.562. The third kappa shape index (κ3) is 3.49. The molecule has 1 aromatic rings. The van der Waals surface area contributed by atoms with Crippen molar-refractivity contribution in [2.24, 2.45) is 11.8 Å². The molecule has 1 aliphatic rings. The van der Waals surface area contributed by atoms with Gasteiger partial charge in [0.1, 0.15) is 0 Å². The van der Waals surface area contributed by atoms with E-state index in [0.29, 0.717) is 12.0 Å². The predicted molar refractivity (Wildman–Crippen MR) is 79.4 cm³/mol. The predicted octanol–water partition coefficient (Wildman–Crippen LogP) is 3.23. The maximum atomic E-state index is 12.5. The van der Waals surface area contributed by atoms with Gasteiger partial charge in [0.2, 0.25) is 0 Å². The van der Waals surface area contributed by atoms with Crippen LogP contribution in [-0.4, -0.2) is 30.4 Å². The Hall–Kier alpha value is -1.51. The summed E-state index contributed by atoms with van der Waals surface area (Å²) >= 11 is 0. The van der Waals surface area contributed by atoms with Crippen LogP contribution < -0.4 is 5.32 Å². The maximum Gasteiger partial charge on any atom is 0.255 e. The molecule has 3 nitrogen and oxygen atoms in total. The number of hydrogen-bond acceptors (Lipinski definition) is 2. The summed E-state index contributed by atoms with van der Waals surface area (Å²) in [7, 11) is 1.90. The lowest BCUT2D eigenvalue weighted by molar-refractivity contribution is 0.0788. The second-order valence-corrected chi connectivity index (χ2v) is 6.00. The van der Waals surface area contributed by atoms with Gasteiger partial charge in [0.05, 0.1) is 5.56 Å². The van der Waals surface area contributed by atoms with Crippen LogP contribution in [0.5, 0.6) is 0 Å². The van der Waals surface area contributed by atoms with Crippen LogP contribution in [-0.2, 0) is 0 Å². The van der Waals surface area contributed by atoms with Crippen LogP contribution in [0.4, 0.5) is 5.69 Å². The molecule has 2 unspecified atom stereocenters. The molecule has 104 valence electrons. The molecule has 0 bridgehead atoms. The average Bonchev–Trinajstić information content (AvgIpc) is 3.04. The van der Waals surface area contributed by atoms with E-state index in [2.05, 4.69) is 26.1 Å². The summed E-state index contributed by atoms with van der Waals surface area (Å²) in [5, 5.41) is 3.34. The van der Waals surface area contributed by atoms with Gasteiger partial charge in [-0.3, -0.25) is 4.79 Å². The van der Waals surface area contributed by atoms with E-state index in [0.717, 1.165) is 23.7 Å². The van der Waals surface area contributed by atoms with Crippen LogP contribution in [0.15, 0.2) is 24.3 Å². The average molecular weight is 260 g/mol. The summed E-state index contributed by atoms with van der Waals surface area (Å²) in [5.41, 5.74) is 1.70. The Kier molecular flexibility index (Phi) is 4.13. The highest BCUT2D eigenvalue weighted by molar-refractivity contribution is 5.99. The van der Waals surface area contributed by atoms with Crippen LogP contribution in [0.25, 0.3) is 0 Å². The minimum atomic E-state index is 0.114. The maximum absolute atomic E-state index is 12.5. The van der Waals surface area contributed by atoms with E-state index < -0.39 is 0 Å². The van der Waals surface area contributed by atoms with Gasteiger partial charge >= 0.3 is 0 Å². The molecule has 0 heterocycles. The Morgan fingerprint density at radius 3 is 2.63 bits per heavy atom. The van der Waals surface area contributed by atoms with Crippen LogP contribution in [0.2, 0.25) is 0 Å². The van der Waals surface area contributed by atoms with Crippen molar-refractivity contribution in [3.05, 3.63) is 29.8 Å². The van der Waals surface area contributed by atoms with E-state index in [1.807, 2.05) is 36.2 Å². The molecule has 1 aliphatic carbocycles. The minimum absolute atomic E-state index is 0.114. The first-order valence-electron chi connectivity index (χ1n) is 7.10. The fourth-order valence-corrected chi connectivity index (χ4v) is 2.40.